The van der Waals surface area contributed by atoms with Gasteiger partial charge in [0.2, 0.25) is 0 Å². The van der Waals surface area contributed by atoms with E-state index in [4.69, 9.17) is 28.4 Å². The maximum absolute atomic E-state index is 15.0. The number of ether oxygens (including phenoxy) is 6. The number of anilines is 1. The summed E-state index contributed by atoms with van der Waals surface area (Å²) in [5.41, 5.74) is -1.37. The minimum absolute atomic E-state index is 0.117. The quantitative estimate of drug-likeness (QED) is 0.208. The van der Waals surface area contributed by atoms with Crippen molar-refractivity contribution in [1.29, 1.82) is 0 Å². The van der Waals surface area contributed by atoms with E-state index in [-0.39, 0.29) is 43.7 Å². The van der Waals surface area contributed by atoms with Gasteiger partial charge in [0.15, 0.2) is 11.9 Å². The van der Waals surface area contributed by atoms with Gasteiger partial charge in [-0.2, -0.15) is 0 Å². The van der Waals surface area contributed by atoms with Crippen LogP contribution in [0.3, 0.4) is 0 Å². The SMILES string of the molecule is CC[C@H]1OC(=O)[C@H](C)[C@@H](OC(=O)Cc2ccccn2)[C@H](C)[C@@H](O[C@H]2O[C@@H](C)C[C@@H](N(C)CC)[C@@H]2O)[C@](C)(OC)C[C@@H](C)C(=O)[C@H](C)[C@H]2N(CCN(C)c3ccncc3)C(=O)O[C@]12C. The first-order chi connectivity index (χ1) is 29.8. The van der Waals surface area contributed by atoms with E-state index < -0.39 is 89.7 Å². The molecule has 0 bridgehead atoms. The van der Waals surface area contributed by atoms with Crippen LogP contribution < -0.4 is 4.90 Å². The number of carbonyl (C=O) groups excluding carboxylic acids is 4. The van der Waals surface area contributed by atoms with E-state index >= 15 is 0 Å². The molecule has 2 aromatic rings. The summed E-state index contributed by atoms with van der Waals surface area (Å²) in [7, 11) is 5.36. The van der Waals surface area contributed by atoms with Gasteiger partial charge in [-0.05, 0) is 84.8 Å². The summed E-state index contributed by atoms with van der Waals surface area (Å²) < 4.78 is 38.6. The number of esters is 2. The van der Waals surface area contributed by atoms with Crippen LogP contribution in [-0.2, 0) is 49.2 Å². The zero-order valence-corrected chi connectivity index (χ0v) is 39.3. The van der Waals surface area contributed by atoms with Crippen LogP contribution in [0.15, 0.2) is 48.9 Å². The first-order valence-electron chi connectivity index (χ1n) is 22.5. The Labute approximate surface area is 373 Å². The molecular weight excluding hydrogens is 811 g/mol. The average molecular weight is 882 g/mol. The van der Waals surface area contributed by atoms with Crippen molar-refractivity contribution in [2.45, 2.75) is 148 Å². The molecule has 3 aliphatic rings. The number of fused-ring (bicyclic) bond motifs is 1. The zero-order chi connectivity index (χ0) is 46.4. The molecule has 0 aliphatic carbocycles. The number of nitrogens with zero attached hydrogens (tertiary/aromatic N) is 5. The predicted octanol–water partition coefficient (Wildman–Crippen LogP) is 5.09. The Bertz CT molecular complexity index is 1840. The van der Waals surface area contributed by atoms with Crippen LogP contribution in [0.25, 0.3) is 0 Å². The average Bonchev–Trinajstić information content (AvgIpc) is 3.53. The van der Waals surface area contributed by atoms with E-state index in [2.05, 4.69) is 9.97 Å². The van der Waals surface area contributed by atoms with Crippen molar-refractivity contribution >= 4 is 29.5 Å². The molecule has 0 radical (unpaired) electrons. The normalized spacial score (nSPS) is 35.7. The number of cyclic esters (lactones) is 1. The number of pyridine rings is 2. The van der Waals surface area contributed by atoms with Crippen molar-refractivity contribution in [3.8, 4) is 0 Å². The Morgan fingerprint density at radius 3 is 2.32 bits per heavy atom. The number of ketones is 1. The number of hydrogen-bond acceptors (Lipinski definition) is 15. The number of rotatable bonds is 13. The minimum atomic E-state index is -1.45. The number of methoxy groups -OCH3 is 1. The standard InChI is InChI=1S/C47H71N5O11/c1-13-36-47(9)41(52(45(57)63-47)24-23-51(11)34-18-21-48-22-19-34)30(5)38(54)28(3)27-46(8,58-12)42(62-44-39(55)35(50(10)14-2)25-29(4)59-44)31(6)40(32(7)43(56)60-36)61-37(53)26-33-17-15-16-20-49-33/h15-22,28-32,35-36,39-42,44,55H,13-14,23-27H2,1-12H3/t28-,29+,30+,31+,32-,35-,36-,39+,40+,41-,42-,44-,46-,47-/m1/s1. The summed E-state index contributed by atoms with van der Waals surface area (Å²) in [4.78, 5) is 71.6. The highest BCUT2D eigenvalue weighted by atomic mass is 16.7. The van der Waals surface area contributed by atoms with E-state index in [1.807, 2.05) is 70.6 Å². The molecular formula is C47H71N5O11. The highest BCUT2D eigenvalue weighted by molar-refractivity contribution is 5.85. The summed E-state index contributed by atoms with van der Waals surface area (Å²) in [5.74, 6) is -4.87. The highest BCUT2D eigenvalue weighted by Crippen LogP contribution is 2.44. The number of likely N-dealkylation sites (N-methyl/N-ethyl adjacent to an activating group) is 2. The van der Waals surface area contributed by atoms with E-state index in [0.29, 0.717) is 25.2 Å². The van der Waals surface area contributed by atoms with Gasteiger partial charge < -0.3 is 43.3 Å². The van der Waals surface area contributed by atoms with E-state index in [1.54, 1.807) is 69.4 Å². The second kappa shape index (κ2) is 21.2. The number of hydrogen-bond donors (Lipinski definition) is 1. The lowest BCUT2D eigenvalue weighted by atomic mass is 9.73. The number of Topliss-reactive ketones (excluding diaryl/α,β-unsaturated/α-hetero) is 1. The number of aliphatic hydroxyl groups excluding tert-OH is 1. The molecule has 5 rings (SSSR count). The first-order valence-corrected chi connectivity index (χ1v) is 22.5. The summed E-state index contributed by atoms with van der Waals surface area (Å²) in [6.07, 6.45) is -0.608. The fourth-order valence-electron chi connectivity index (χ4n) is 10.0. The van der Waals surface area contributed by atoms with Gasteiger partial charge in [-0.25, -0.2) is 4.79 Å². The molecule has 0 spiro atoms. The van der Waals surface area contributed by atoms with E-state index in [9.17, 15) is 24.3 Å². The Morgan fingerprint density at radius 2 is 1.70 bits per heavy atom. The van der Waals surface area contributed by atoms with Gasteiger partial charge in [0.1, 0.15) is 24.1 Å². The molecule has 14 atom stereocenters. The summed E-state index contributed by atoms with van der Waals surface area (Å²) in [5, 5.41) is 11.8. The van der Waals surface area contributed by atoms with Crippen molar-refractivity contribution in [2.75, 3.05) is 45.7 Å². The van der Waals surface area contributed by atoms with Crippen LogP contribution in [0, 0.1) is 23.7 Å². The van der Waals surface area contributed by atoms with Crippen LogP contribution in [0.2, 0.25) is 0 Å². The minimum Gasteiger partial charge on any atom is -0.461 e. The van der Waals surface area contributed by atoms with Gasteiger partial charge in [-0.15, -0.1) is 0 Å². The fourth-order valence-corrected chi connectivity index (χ4v) is 10.0. The first kappa shape index (κ1) is 49.8. The predicted molar refractivity (Wildman–Crippen MR) is 234 cm³/mol. The third-order valence-corrected chi connectivity index (χ3v) is 13.8. The van der Waals surface area contributed by atoms with Crippen LogP contribution in [-0.4, -0.2) is 150 Å². The molecule has 3 saturated heterocycles. The zero-order valence-electron chi connectivity index (χ0n) is 39.3. The van der Waals surface area contributed by atoms with E-state index in [1.165, 1.54) is 7.11 Å². The smallest absolute Gasteiger partial charge is 0.410 e. The molecule has 3 fully saturated rings. The molecule has 63 heavy (non-hydrogen) atoms. The molecule has 0 aromatic carbocycles. The lowest BCUT2D eigenvalue weighted by Gasteiger charge is -2.48. The highest BCUT2D eigenvalue weighted by Gasteiger charge is 2.60. The number of carbonyl (C=O) groups is 4. The number of amides is 1. The fraction of sp³-hybridized carbons (Fsp3) is 0.702. The second-order valence-corrected chi connectivity index (χ2v) is 18.3. The second-order valence-electron chi connectivity index (χ2n) is 18.3. The van der Waals surface area contributed by atoms with Crippen molar-refractivity contribution < 1.29 is 52.7 Å². The Morgan fingerprint density at radius 1 is 1.00 bits per heavy atom. The molecule has 0 unspecified atom stereocenters. The summed E-state index contributed by atoms with van der Waals surface area (Å²) in [6.45, 7) is 17.6. The Kier molecular flexibility index (Phi) is 16.7. The van der Waals surface area contributed by atoms with E-state index in [0.717, 1.165) is 5.69 Å². The molecule has 3 aliphatic heterocycles. The van der Waals surface area contributed by atoms with Crippen LogP contribution in [0.5, 0.6) is 0 Å². The third-order valence-electron chi connectivity index (χ3n) is 13.8. The van der Waals surface area contributed by atoms with Crippen LogP contribution >= 0.6 is 0 Å². The van der Waals surface area contributed by atoms with Crippen LogP contribution in [0.4, 0.5) is 10.5 Å². The van der Waals surface area contributed by atoms with Gasteiger partial charge >= 0.3 is 18.0 Å². The van der Waals surface area contributed by atoms with Crippen molar-refractivity contribution in [3.63, 3.8) is 0 Å². The molecule has 1 N–H and O–H groups in total. The summed E-state index contributed by atoms with van der Waals surface area (Å²) in [6, 6.07) is 7.83. The molecule has 16 heteroatoms. The lowest BCUT2D eigenvalue weighted by Crippen LogP contribution is -2.61. The van der Waals surface area contributed by atoms with Crippen molar-refractivity contribution in [2.24, 2.45) is 23.7 Å². The van der Waals surface area contributed by atoms with Gasteiger partial charge in [0.05, 0.1) is 41.9 Å². The molecule has 0 saturated carbocycles. The monoisotopic (exact) mass is 882 g/mol. The number of aromatic nitrogens is 2. The largest absolute Gasteiger partial charge is 0.461 e. The number of aliphatic hydroxyl groups is 1. The Balaban J connectivity index is 1.60. The summed E-state index contributed by atoms with van der Waals surface area (Å²) >= 11 is 0. The molecule has 16 nitrogen and oxygen atoms in total. The topological polar surface area (TPSA) is 179 Å². The molecule has 350 valence electrons. The van der Waals surface area contributed by atoms with Crippen molar-refractivity contribution in [3.05, 3.63) is 54.6 Å². The van der Waals surface area contributed by atoms with Gasteiger partial charge in [-0.1, -0.05) is 40.7 Å². The molecule has 1 amide bonds. The van der Waals surface area contributed by atoms with Gasteiger partial charge in [-0.3, -0.25) is 29.3 Å². The van der Waals surface area contributed by atoms with Gasteiger partial charge in [0, 0.05) is 75.3 Å². The van der Waals surface area contributed by atoms with Crippen LogP contribution in [0.1, 0.15) is 87.3 Å². The maximum atomic E-state index is 15.0. The maximum Gasteiger partial charge on any atom is 0.410 e. The van der Waals surface area contributed by atoms with Gasteiger partial charge in [0.25, 0.3) is 0 Å². The Hall–Kier alpha value is -4.22. The van der Waals surface area contributed by atoms with Crippen molar-refractivity contribution in [1.82, 2.24) is 19.8 Å². The lowest BCUT2D eigenvalue weighted by molar-refractivity contribution is -0.302. The third kappa shape index (κ3) is 11.0. The molecule has 5 heterocycles. The molecule has 2 aromatic heterocycles.